The first-order chi connectivity index (χ1) is 34.9. The largest absolute Gasteiger partial charge is 0.462 e. The Kier molecular flexibility index (Phi) is 18.9. The fourth-order valence-corrected chi connectivity index (χ4v) is 8.21. The van der Waals surface area contributed by atoms with E-state index in [2.05, 4.69) is 69.3 Å². The summed E-state index contributed by atoms with van der Waals surface area (Å²) in [5, 5.41) is 1.04. The van der Waals surface area contributed by atoms with Gasteiger partial charge in [0.25, 0.3) is 0 Å². The monoisotopic (exact) mass is 1050 g/mol. The van der Waals surface area contributed by atoms with E-state index in [0.717, 1.165) is 86.9 Å². The van der Waals surface area contributed by atoms with Gasteiger partial charge in [0.2, 0.25) is 0 Å². The summed E-state index contributed by atoms with van der Waals surface area (Å²) in [7, 11) is 0. The zero-order chi connectivity index (χ0) is 51.1. The Morgan fingerprint density at radius 1 is 0.667 bits per heavy atom. The molecule has 5 aromatic heterocycles. The Balaban J connectivity index is 0.000000145. The Morgan fingerprint density at radius 2 is 1.21 bits per heavy atom. The molecule has 18 heteroatoms. The molecule has 5 aliphatic rings. The molecular weight excluding hydrogens is 985 g/mol. The zero-order valence-electron chi connectivity index (χ0n) is 41.4. The lowest BCUT2D eigenvalue weighted by molar-refractivity contribution is 0.0364. The van der Waals surface area contributed by atoms with Crippen LogP contribution in [0.15, 0.2) is 65.2 Å². The highest BCUT2D eigenvalue weighted by molar-refractivity contribution is 9.10. The van der Waals surface area contributed by atoms with Crippen molar-refractivity contribution in [3.05, 3.63) is 110 Å². The van der Waals surface area contributed by atoms with Gasteiger partial charge in [-0.15, -0.1) is 0 Å². The minimum atomic E-state index is -0.394. The number of nitrogens with zero attached hydrogens (tertiary/aromatic N) is 6. The molecule has 6 heterocycles. The van der Waals surface area contributed by atoms with Crippen molar-refractivity contribution in [3.8, 4) is 11.8 Å². The first kappa shape index (κ1) is 53.1. The number of pyridine rings is 4. The highest BCUT2D eigenvalue weighted by atomic mass is 79.9. The maximum Gasteiger partial charge on any atom is 0.339 e. The molecule has 1 aliphatic heterocycles. The molecular formula is C54H63BrN8O9. The normalized spacial score (nSPS) is 15.6. The van der Waals surface area contributed by atoms with Crippen molar-refractivity contribution >= 4 is 68.6 Å². The molecule has 1 saturated heterocycles. The van der Waals surface area contributed by atoms with Crippen LogP contribution in [0.3, 0.4) is 0 Å². The first-order valence-electron chi connectivity index (χ1n) is 24.7. The molecule has 0 unspecified atom stereocenters. The molecule has 10 rings (SSSR count). The van der Waals surface area contributed by atoms with Crippen LogP contribution in [0.1, 0.15) is 136 Å². The van der Waals surface area contributed by atoms with Crippen molar-refractivity contribution in [3.63, 3.8) is 0 Å². The number of hydrogen-bond donors (Lipinski definition) is 2. The Morgan fingerprint density at radius 3 is 1.78 bits per heavy atom. The van der Waals surface area contributed by atoms with Gasteiger partial charge in [0.15, 0.2) is 0 Å². The standard InChI is InChI=1S/C19H25N3O3.C14H15NO2.C13H14N2O2.C8H9BrN2O2/c1-2-25-19(23)16-11-15-12-17(14-3-4-14)22(18(15)20-13-16)6-5-21-7-9-24-10-8-21;1-2-17-14(16)12-6-11-5-10(9-3-4-9)7-13(11)15-8-12;1-2-17-13(16)11-7-10(12(14)15-8-11)6-5-9-3-4-9;1-2-13-8(12)5-3-6(9)7(10)11-4-5/h11-14H,2-10H2,1H3;5-6,8-9H,2-4,7H2,1H3;7-9H,2-4H2,1H3,(H2,14,15);3-4H,2H2,1H3,(H2,10,11). The van der Waals surface area contributed by atoms with Crippen LogP contribution < -0.4 is 11.5 Å². The smallest absolute Gasteiger partial charge is 0.339 e. The number of carbonyl (C=O) groups excluding carboxylic acids is 4. The van der Waals surface area contributed by atoms with E-state index in [0.29, 0.717) is 82.2 Å². The van der Waals surface area contributed by atoms with Gasteiger partial charge in [0.05, 0.1) is 77.6 Å². The summed E-state index contributed by atoms with van der Waals surface area (Å²) < 4.78 is 28.1. The summed E-state index contributed by atoms with van der Waals surface area (Å²) in [6.45, 7) is 14.2. The van der Waals surface area contributed by atoms with Gasteiger partial charge in [0, 0.05) is 74.4 Å². The fourth-order valence-electron chi connectivity index (χ4n) is 7.86. The van der Waals surface area contributed by atoms with E-state index in [-0.39, 0.29) is 11.9 Å². The summed E-state index contributed by atoms with van der Waals surface area (Å²) >= 11 is 3.17. The fraction of sp³-hybridized carbons (Fsp3) is 0.444. The van der Waals surface area contributed by atoms with E-state index < -0.39 is 11.9 Å². The third kappa shape index (κ3) is 14.9. The molecule has 0 amide bonds. The van der Waals surface area contributed by atoms with Crippen molar-refractivity contribution in [2.45, 2.75) is 85.1 Å². The topological polar surface area (TPSA) is 226 Å². The second-order valence-corrected chi connectivity index (χ2v) is 18.5. The van der Waals surface area contributed by atoms with Crippen molar-refractivity contribution in [1.29, 1.82) is 0 Å². The maximum absolute atomic E-state index is 12.0. The van der Waals surface area contributed by atoms with Gasteiger partial charge < -0.3 is 39.7 Å². The summed E-state index contributed by atoms with van der Waals surface area (Å²) in [4.78, 5) is 65.4. The number of esters is 4. The second kappa shape index (κ2) is 25.6. The number of nitrogen functional groups attached to an aromatic ring is 2. The number of hydrogen-bond acceptors (Lipinski definition) is 16. The molecule has 0 bridgehead atoms. The van der Waals surface area contributed by atoms with Crippen molar-refractivity contribution < 1.29 is 42.9 Å². The summed E-state index contributed by atoms with van der Waals surface area (Å²) in [6.07, 6.45) is 16.6. The molecule has 17 nitrogen and oxygen atoms in total. The lowest BCUT2D eigenvalue weighted by Crippen LogP contribution is -2.38. The number of nitrogens with two attached hydrogens (primary N) is 2. The molecule has 72 heavy (non-hydrogen) atoms. The molecule has 3 saturated carbocycles. The molecule has 0 spiro atoms. The number of allylic oxidation sites excluding steroid dienone is 1. The first-order valence-corrected chi connectivity index (χ1v) is 25.5. The minimum absolute atomic E-state index is 0.281. The van der Waals surface area contributed by atoms with Crippen molar-refractivity contribution in [2.24, 2.45) is 11.8 Å². The zero-order valence-corrected chi connectivity index (χ0v) is 43.0. The lowest BCUT2D eigenvalue weighted by atomic mass is 10.1. The average molecular weight is 1050 g/mol. The van der Waals surface area contributed by atoms with Crippen molar-refractivity contribution in [1.82, 2.24) is 29.4 Å². The van der Waals surface area contributed by atoms with Gasteiger partial charge in [-0.25, -0.2) is 34.1 Å². The Bertz CT molecular complexity index is 2830. The number of halogens is 1. The maximum atomic E-state index is 12.0. The SMILES string of the molecule is CCOC(=O)c1cnc(N)c(Br)c1.CCOC(=O)c1cnc(N)c(C#CC2CC2)c1.CCOC(=O)c1cnc2c(c1)C=C(C1CC1)C2.CCOC(=O)c1cnc2c(c1)cc(C1CC1)n2CCN1CCOCC1. The van der Waals surface area contributed by atoms with E-state index in [1.807, 2.05) is 26.0 Å². The average Bonchev–Trinajstić information content (AvgIpc) is 4.30. The molecule has 4 aliphatic carbocycles. The van der Waals surface area contributed by atoms with Crippen LogP contribution in [0.4, 0.5) is 11.6 Å². The predicted octanol–water partition coefficient (Wildman–Crippen LogP) is 8.24. The van der Waals surface area contributed by atoms with E-state index in [1.165, 1.54) is 49.3 Å². The number of ether oxygens (including phenoxy) is 5. The predicted molar refractivity (Wildman–Crippen MR) is 276 cm³/mol. The molecule has 4 N–H and O–H groups in total. The van der Waals surface area contributed by atoms with Crippen LogP contribution in [-0.4, -0.2) is 113 Å². The van der Waals surface area contributed by atoms with Gasteiger partial charge >= 0.3 is 23.9 Å². The van der Waals surface area contributed by atoms with E-state index in [4.69, 9.17) is 35.2 Å². The molecule has 5 aromatic rings. The third-order valence-corrected chi connectivity index (χ3v) is 12.8. The number of fused-ring (bicyclic) bond motifs is 2. The number of carbonyl (C=O) groups is 4. The number of anilines is 2. The van der Waals surface area contributed by atoms with Gasteiger partial charge in [-0.05, 0) is 130 Å². The van der Waals surface area contributed by atoms with Crippen LogP contribution in [0.25, 0.3) is 17.1 Å². The van der Waals surface area contributed by atoms with Gasteiger partial charge in [-0.3, -0.25) is 9.88 Å². The van der Waals surface area contributed by atoms with Gasteiger partial charge in [0.1, 0.15) is 17.3 Å². The lowest BCUT2D eigenvalue weighted by Gasteiger charge is -2.27. The van der Waals surface area contributed by atoms with Crippen LogP contribution in [0, 0.1) is 23.7 Å². The van der Waals surface area contributed by atoms with Crippen LogP contribution >= 0.6 is 15.9 Å². The van der Waals surface area contributed by atoms with Gasteiger partial charge in [-0.1, -0.05) is 23.5 Å². The van der Waals surface area contributed by atoms with E-state index >= 15 is 0 Å². The molecule has 0 atom stereocenters. The highest BCUT2D eigenvalue weighted by Crippen LogP contribution is 2.43. The van der Waals surface area contributed by atoms with Crippen molar-refractivity contribution in [2.75, 3.05) is 70.7 Å². The molecule has 0 radical (unpaired) electrons. The Hall–Kier alpha value is -6.68. The molecule has 0 aromatic carbocycles. The quantitative estimate of drug-likeness (QED) is 0.0643. The third-order valence-electron chi connectivity index (χ3n) is 12.1. The highest BCUT2D eigenvalue weighted by Gasteiger charge is 2.31. The Labute approximate surface area is 428 Å². The second-order valence-electron chi connectivity index (χ2n) is 17.7. The summed E-state index contributed by atoms with van der Waals surface area (Å²) in [6, 6.07) is 9.24. The minimum Gasteiger partial charge on any atom is -0.462 e. The molecule has 4 fully saturated rings. The number of morpholine rings is 1. The van der Waals surface area contributed by atoms with E-state index in [1.54, 1.807) is 38.4 Å². The summed E-state index contributed by atoms with van der Waals surface area (Å²) in [5.74, 6) is 7.30. The van der Waals surface area contributed by atoms with Crippen LogP contribution in [0.2, 0.25) is 0 Å². The summed E-state index contributed by atoms with van der Waals surface area (Å²) in [5.41, 5.74) is 19.6. The van der Waals surface area contributed by atoms with Gasteiger partial charge in [-0.2, -0.15) is 0 Å². The number of aromatic nitrogens is 5. The number of rotatable bonds is 13. The van der Waals surface area contributed by atoms with Crippen LogP contribution in [0.5, 0.6) is 0 Å². The molecule has 380 valence electrons. The van der Waals surface area contributed by atoms with Crippen LogP contribution in [-0.2, 0) is 36.6 Å². The van der Waals surface area contributed by atoms with E-state index in [9.17, 15) is 19.2 Å².